The van der Waals surface area contributed by atoms with Crippen LogP contribution >= 0.6 is 0 Å². The second-order valence-corrected chi connectivity index (χ2v) is 4.79. The topological polar surface area (TPSA) is 64.4 Å². The van der Waals surface area contributed by atoms with Gasteiger partial charge in [-0.3, -0.25) is 10.1 Å². The first kappa shape index (κ1) is 13.7. The zero-order chi connectivity index (χ0) is 13.8. The van der Waals surface area contributed by atoms with Crippen LogP contribution in [0.1, 0.15) is 25.7 Å². The van der Waals surface area contributed by atoms with E-state index < -0.39 is 16.4 Å². The van der Waals surface area contributed by atoms with Gasteiger partial charge in [-0.2, -0.15) is 4.39 Å². The number of nitrogens with one attached hydrogen (secondary N) is 1. The summed E-state index contributed by atoms with van der Waals surface area (Å²) >= 11 is 0. The standard InChI is InChI=1S/C13H17FN2O3/c1-19-11-4-2-3-9(7-11)15-10-5-6-13(16(17)18)12(14)8-10/h5-6,8-9,11,15H,2-4,7H2,1H3. The third-order valence-corrected chi connectivity index (χ3v) is 3.47. The van der Waals surface area contributed by atoms with Crippen LogP contribution in [0.25, 0.3) is 0 Å². The van der Waals surface area contributed by atoms with Crippen molar-refractivity contribution in [2.75, 3.05) is 12.4 Å². The summed E-state index contributed by atoms with van der Waals surface area (Å²) in [6, 6.07) is 4.13. The molecule has 1 aromatic carbocycles. The van der Waals surface area contributed by atoms with Crippen molar-refractivity contribution in [2.45, 2.75) is 37.8 Å². The second-order valence-electron chi connectivity index (χ2n) is 4.79. The maximum Gasteiger partial charge on any atom is 0.304 e. The zero-order valence-corrected chi connectivity index (χ0v) is 10.8. The Kier molecular flexibility index (Phi) is 4.31. The van der Waals surface area contributed by atoms with Crippen LogP contribution in [0, 0.1) is 15.9 Å². The van der Waals surface area contributed by atoms with Crippen molar-refractivity contribution in [1.29, 1.82) is 0 Å². The van der Waals surface area contributed by atoms with Gasteiger partial charge in [0.2, 0.25) is 5.82 Å². The number of benzene rings is 1. The lowest BCUT2D eigenvalue weighted by Gasteiger charge is -2.29. The van der Waals surface area contributed by atoms with E-state index in [4.69, 9.17) is 4.74 Å². The van der Waals surface area contributed by atoms with E-state index in [1.807, 2.05) is 0 Å². The van der Waals surface area contributed by atoms with Gasteiger partial charge in [-0.05, 0) is 31.7 Å². The molecule has 104 valence electrons. The number of hydrogen-bond acceptors (Lipinski definition) is 4. The summed E-state index contributed by atoms with van der Waals surface area (Å²) in [5, 5.41) is 13.7. The molecule has 1 saturated carbocycles. The first-order valence-corrected chi connectivity index (χ1v) is 6.33. The minimum absolute atomic E-state index is 0.222. The first-order chi connectivity index (χ1) is 9.10. The average Bonchev–Trinajstić information content (AvgIpc) is 2.38. The molecule has 6 heteroatoms. The molecular weight excluding hydrogens is 251 g/mol. The second kappa shape index (κ2) is 5.97. The Hall–Kier alpha value is -1.69. The Bertz CT molecular complexity index is 467. The predicted molar refractivity (Wildman–Crippen MR) is 69.7 cm³/mol. The van der Waals surface area contributed by atoms with E-state index >= 15 is 0 Å². The summed E-state index contributed by atoms with van der Waals surface area (Å²) in [5.74, 6) is -0.811. The Morgan fingerprint density at radius 1 is 1.47 bits per heavy atom. The third kappa shape index (κ3) is 3.41. The minimum Gasteiger partial charge on any atom is -0.382 e. The van der Waals surface area contributed by atoms with Crippen molar-refractivity contribution in [2.24, 2.45) is 0 Å². The summed E-state index contributed by atoms with van der Waals surface area (Å²) < 4.78 is 18.8. The van der Waals surface area contributed by atoms with Gasteiger partial charge in [0.25, 0.3) is 0 Å². The van der Waals surface area contributed by atoms with Gasteiger partial charge in [-0.1, -0.05) is 0 Å². The maximum atomic E-state index is 13.5. The summed E-state index contributed by atoms with van der Waals surface area (Å²) in [4.78, 5) is 9.81. The molecule has 0 spiro atoms. The molecule has 2 rings (SSSR count). The highest BCUT2D eigenvalue weighted by atomic mass is 19.1. The van der Waals surface area contributed by atoms with E-state index in [0.29, 0.717) is 5.69 Å². The highest BCUT2D eigenvalue weighted by Crippen LogP contribution is 2.26. The number of nitrogens with zero attached hydrogens (tertiary/aromatic N) is 1. The fourth-order valence-electron chi connectivity index (χ4n) is 2.47. The van der Waals surface area contributed by atoms with Crippen LogP contribution in [-0.2, 0) is 4.74 Å². The van der Waals surface area contributed by atoms with Gasteiger partial charge in [-0.25, -0.2) is 0 Å². The van der Waals surface area contributed by atoms with Gasteiger partial charge in [0.15, 0.2) is 0 Å². The summed E-state index contributed by atoms with van der Waals surface area (Å²) in [7, 11) is 1.69. The molecule has 0 bridgehead atoms. The smallest absolute Gasteiger partial charge is 0.304 e. The molecule has 5 nitrogen and oxygen atoms in total. The number of hydrogen-bond donors (Lipinski definition) is 1. The van der Waals surface area contributed by atoms with Crippen LogP contribution in [0.4, 0.5) is 15.8 Å². The summed E-state index contributed by atoms with van der Waals surface area (Å²) in [6.07, 6.45) is 4.21. The molecule has 0 aromatic heterocycles. The van der Waals surface area contributed by atoms with Crippen LogP contribution in [0.3, 0.4) is 0 Å². The highest BCUT2D eigenvalue weighted by molar-refractivity contribution is 5.50. The van der Waals surface area contributed by atoms with Gasteiger partial charge < -0.3 is 10.1 Å². The van der Waals surface area contributed by atoms with Crippen molar-refractivity contribution < 1.29 is 14.1 Å². The highest BCUT2D eigenvalue weighted by Gasteiger charge is 2.22. The number of nitro benzene ring substituents is 1. The van der Waals surface area contributed by atoms with Crippen LogP contribution < -0.4 is 5.32 Å². The van der Waals surface area contributed by atoms with Gasteiger partial charge in [-0.15, -0.1) is 0 Å². The van der Waals surface area contributed by atoms with Gasteiger partial charge >= 0.3 is 5.69 Å². The molecule has 0 amide bonds. The SMILES string of the molecule is COC1CCCC(Nc2ccc([N+](=O)[O-])c(F)c2)C1. The van der Waals surface area contributed by atoms with Crippen molar-refractivity contribution in [3.05, 3.63) is 34.1 Å². The molecule has 2 atom stereocenters. The number of anilines is 1. The number of rotatable bonds is 4. The van der Waals surface area contributed by atoms with Crippen molar-refractivity contribution in [3.8, 4) is 0 Å². The molecule has 0 heterocycles. The molecule has 1 aromatic rings. The van der Waals surface area contributed by atoms with E-state index in [1.54, 1.807) is 7.11 Å². The normalized spacial score (nSPS) is 23.1. The van der Waals surface area contributed by atoms with E-state index in [0.717, 1.165) is 25.7 Å². The molecule has 0 aliphatic heterocycles. The predicted octanol–water partition coefficient (Wildman–Crippen LogP) is 3.10. The van der Waals surface area contributed by atoms with Crippen LogP contribution in [0.15, 0.2) is 18.2 Å². The number of methoxy groups -OCH3 is 1. The van der Waals surface area contributed by atoms with Crippen molar-refractivity contribution in [1.82, 2.24) is 0 Å². The number of halogens is 1. The van der Waals surface area contributed by atoms with Crippen LogP contribution in [0.2, 0.25) is 0 Å². The quantitative estimate of drug-likeness (QED) is 0.673. The summed E-state index contributed by atoms with van der Waals surface area (Å²) in [5.41, 5.74) is 0.0776. The molecular formula is C13H17FN2O3. The van der Waals surface area contributed by atoms with Gasteiger partial charge in [0, 0.05) is 31.0 Å². The molecule has 1 aliphatic carbocycles. The monoisotopic (exact) mass is 268 g/mol. The fourth-order valence-corrected chi connectivity index (χ4v) is 2.47. The third-order valence-electron chi connectivity index (χ3n) is 3.47. The molecule has 0 radical (unpaired) electrons. The lowest BCUT2D eigenvalue weighted by atomic mass is 9.92. The van der Waals surface area contributed by atoms with Crippen LogP contribution in [0.5, 0.6) is 0 Å². The molecule has 0 saturated heterocycles. The fraction of sp³-hybridized carbons (Fsp3) is 0.538. The minimum atomic E-state index is -0.811. The van der Waals surface area contributed by atoms with Crippen molar-refractivity contribution >= 4 is 11.4 Å². The van der Waals surface area contributed by atoms with E-state index in [9.17, 15) is 14.5 Å². The van der Waals surface area contributed by atoms with E-state index in [2.05, 4.69) is 5.32 Å². The zero-order valence-electron chi connectivity index (χ0n) is 10.8. The van der Waals surface area contributed by atoms with Crippen molar-refractivity contribution in [3.63, 3.8) is 0 Å². The lowest BCUT2D eigenvalue weighted by molar-refractivity contribution is -0.387. The molecule has 1 fully saturated rings. The Morgan fingerprint density at radius 2 is 2.26 bits per heavy atom. The van der Waals surface area contributed by atoms with Gasteiger partial charge in [0.05, 0.1) is 11.0 Å². The first-order valence-electron chi connectivity index (χ1n) is 6.33. The van der Waals surface area contributed by atoms with E-state index in [-0.39, 0.29) is 12.1 Å². The Labute approximate surface area is 110 Å². The lowest BCUT2D eigenvalue weighted by Crippen LogP contribution is -2.31. The number of ether oxygens (including phenoxy) is 1. The maximum absolute atomic E-state index is 13.5. The molecule has 1 aliphatic rings. The molecule has 2 unspecified atom stereocenters. The average molecular weight is 268 g/mol. The summed E-state index contributed by atoms with van der Waals surface area (Å²) in [6.45, 7) is 0. The van der Waals surface area contributed by atoms with Crippen LogP contribution in [-0.4, -0.2) is 24.2 Å². The molecule has 1 N–H and O–H groups in total. The largest absolute Gasteiger partial charge is 0.382 e. The van der Waals surface area contributed by atoms with Gasteiger partial charge in [0.1, 0.15) is 0 Å². The number of nitro groups is 1. The van der Waals surface area contributed by atoms with E-state index in [1.165, 1.54) is 18.2 Å². The Morgan fingerprint density at radius 3 is 2.89 bits per heavy atom. The Balaban J connectivity index is 2.03. The molecule has 19 heavy (non-hydrogen) atoms.